The monoisotopic (exact) mass is 316 g/mol. The van der Waals surface area contributed by atoms with Crippen molar-refractivity contribution in [2.45, 2.75) is 6.61 Å². The van der Waals surface area contributed by atoms with Crippen LogP contribution in [0.15, 0.2) is 23.0 Å². The summed E-state index contributed by atoms with van der Waals surface area (Å²) in [6, 6.07) is 4.44. The van der Waals surface area contributed by atoms with Crippen LogP contribution in [0.5, 0.6) is 0 Å². The Morgan fingerprint density at radius 2 is 2.10 bits per heavy atom. The molecule has 1 aromatic carbocycles. The van der Waals surface area contributed by atoms with E-state index in [-0.39, 0.29) is 27.9 Å². The predicted molar refractivity (Wildman–Crippen MR) is 77.6 cm³/mol. The summed E-state index contributed by atoms with van der Waals surface area (Å²) in [6.07, 6.45) is 0. The minimum absolute atomic E-state index is 0.00624. The van der Waals surface area contributed by atoms with E-state index in [1.54, 1.807) is 6.07 Å². The minimum Gasteiger partial charge on any atom is -0.397 e. The number of anilines is 1. The lowest BCUT2D eigenvalue weighted by molar-refractivity contribution is 0.182. The number of hydrogen-bond acceptors (Lipinski definition) is 3. The van der Waals surface area contributed by atoms with Gasteiger partial charge in [-0.1, -0.05) is 29.3 Å². The van der Waals surface area contributed by atoms with Crippen molar-refractivity contribution in [2.24, 2.45) is 0 Å². The number of nitrogens with two attached hydrogens (primary N) is 1. The SMILES string of the molecule is COCc1c(-c2cc(N)c(Cl)c(=O)[nH]2)ccc(Cl)c1F. The fourth-order valence-electron chi connectivity index (χ4n) is 1.84. The van der Waals surface area contributed by atoms with Gasteiger partial charge >= 0.3 is 0 Å². The molecule has 7 heteroatoms. The zero-order valence-electron chi connectivity index (χ0n) is 10.5. The van der Waals surface area contributed by atoms with E-state index >= 15 is 0 Å². The highest BCUT2D eigenvalue weighted by atomic mass is 35.5. The summed E-state index contributed by atoms with van der Waals surface area (Å²) in [4.78, 5) is 14.2. The van der Waals surface area contributed by atoms with Crippen molar-refractivity contribution >= 4 is 28.9 Å². The molecule has 2 aromatic rings. The zero-order chi connectivity index (χ0) is 14.9. The first-order chi connectivity index (χ1) is 9.45. The van der Waals surface area contributed by atoms with Crippen molar-refractivity contribution in [2.75, 3.05) is 12.8 Å². The van der Waals surface area contributed by atoms with Crippen molar-refractivity contribution in [1.82, 2.24) is 4.98 Å². The van der Waals surface area contributed by atoms with Gasteiger partial charge in [-0.25, -0.2) is 4.39 Å². The maximum atomic E-state index is 14.1. The predicted octanol–water partition coefficient (Wildman–Crippen LogP) is 3.22. The Labute approximate surface area is 124 Å². The molecule has 0 spiro atoms. The molecule has 2 rings (SSSR count). The van der Waals surface area contributed by atoms with Gasteiger partial charge in [-0.2, -0.15) is 0 Å². The van der Waals surface area contributed by atoms with Gasteiger partial charge < -0.3 is 15.5 Å². The van der Waals surface area contributed by atoms with Gasteiger partial charge in [-0.15, -0.1) is 0 Å². The fourth-order valence-corrected chi connectivity index (χ4v) is 2.12. The topological polar surface area (TPSA) is 68.1 Å². The lowest BCUT2D eigenvalue weighted by atomic mass is 10.0. The third-order valence-electron chi connectivity index (χ3n) is 2.78. The van der Waals surface area contributed by atoms with E-state index in [1.807, 2.05) is 0 Å². The number of benzene rings is 1. The van der Waals surface area contributed by atoms with Crippen LogP contribution in [-0.2, 0) is 11.3 Å². The summed E-state index contributed by atoms with van der Waals surface area (Å²) < 4.78 is 19.0. The second-order valence-electron chi connectivity index (χ2n) is 4.10. The average molecular weight is 317 g/mol. The molecule has 0 bridgehead atoms. The van der Waals surface area contributed by atoms with Crippen LogP contribution in [0.3, 0.4) is 0 Å². The van der Waals surface area contributed by atoms with Gasteiger partial charge in [0.1, 0.15) is 10.8 Å². The summed E-state index contributed by atoms with van der Waals surface area (Å²) in [7, 11) is 1.43. The summed E-state index contributed by atoms with van der Waals surface area (Å²) in [5, 5.41) is -0.124. The maximum absolute atomic E-state index is 14.1. The molecular formula is C13H11Cl2FN2O2. The van der Waals surface area contributed by atoms with Gasteiger partial charge in [0.15, 0.2) is 0 Å². The third-order valence-corrected chi connectivity index (χ3v) is 3.46. The van der Waals surface area contributed by atoms with Crippen molar-refractivity contribution < 1.29 is 9.13 Å². The Bertz CT molecular complexity index is 716. The molecule has 1 aromatic heterocycles. The number of hydrogen-bond donors (Lipinski definition) is 2. The molecule has 0 saturated heterocycles. The van der Waals surface area contributed by atoms with E-state index in [0.29, 0.717) is 11.3 Å². The molecule has 0 fully saturated rings. The lowest BCUT2D eigenvalue weighted by Gasteiger charge is -2.12. The van der Waals surface area contributed by atoms with Gasteiger partial charge in [-0.05, 0) is 12.1 Å². The van der Waals surface area contributed by atoms with Crippen LogP contribution < -0.4 is 11.3 Å². The second-order valence-corrected chi connectivity index (χ2v) is 4.89. The number of methoxy groups -OCH3 is 1. The molecule has 20 heavy (non-hydrogen) atoms. The van der Waals surface area contributed by atoms with E-state index in [9.17, 15) is 9.18 Å². The van der Waals surface area contributed by atoms with Crippen LogP contribution in [0.25, 0.3) is 11.3 Å². The molecule has 4 nitrogen and oxygen atoms in total. The Morgan fingerprint density at radius 1 is 1.40 bits per heavy atom. The highest BCUT2D eigenvalue weighted by Gasteiger charge is 2.15. The number of ether oxygens (including phenoxy) is 1. The van der Waals surface area contributed by atoms with E-state index in [4.69, 9.17) is 33.7 Å². The van der Waals surface area contributed by atoms with Crippen LogP contribution in [0.2, 0.25) is 10.0 Å². The van der Waals surface area contributed by atoms with Crippen molar-refractivity contribution in [3.63, 3.8) is 0 Å². The smallest absolute Gasteiger partial charge is 0.269 e. The summed E-state index contributed by atoms with van der Waals surface area (Å²) in [5.74, 6) is -0.597. The molecule has 106 valence electrons. The number of H-pyrrole nitrogens is 1. The number of rotatable bonds is 3. The molecule has 1 heterocycles. The van der Waals surface area contributed by atoms with Gasteiger partial charge in [0, 0.05) is 18.2 Å². The number of aromatic nitrogens is 1. The number of aromatic amines is 1. The Morgan fingerprint density at radius 3 is 2.70 bits per heavy atom. The maximum Gasteiger partial charge on any atom is 0.269 e. The first kappa shape index (κ1) is 14.8. The minimum atomic E-state index is -0.597. The van der Waals surface area contributed by atoms with Crippen molar-refractivity contribution in [3.8, 4) is 11.3 Å². The summed E-state index contributed by atoms with van der Waals surface area (Å²) in [5.41, 5.74) is 6.24. The van der Waals surface area contributed by atoms with Crippen molar-refractivity contribution in [1.29, 1.82) is 0 Å². The molecule has 0 aliphatic rings. The first-order valence-corrected chi connectivity index (χ1v) is 6.35. The molecule has 0 atom stereocenters. The zero-order valence-corrected chi connectivity index (χ0v) is 12.0. The average Bonchev–Trinajstić information content (AvgIpc) is 2.41. The van der Waals surface area contributed by atoms with E-state index in [2.05, 4.69) is 4.98 Å². The van der Waals surface area contributed by atoms with Crippen LogP contribution in [-0.4, -0.2) is 12.1 Å². The molecular weight excluding hydrogens is 306 g/mol. The molecule has 0 saturated carbocycles. The first-order valence-electron chi connectivity index (χ1n) is 5.60. The summed E-state index contributed by atoms with van der Waals surface area (Å²) >= 11 is 11.5. The fraction of sp³-hybridized carbons (Fsp3) is 0.154. The standard InChI is InChI=1S/C13H11Cl2FN2O2/c1-20-5-7-6(2-3-8(14)12(7)16)10-4-9(17)11(15)13(19)18-10/h2-4H,5H2,1H3,(H3,17,18,19). The molecule has 0 unspecified atom stereocenters. The third kappa shape index (κ3) is 2.65. The van der Waals surface area contributed by atoms with Crippen LogP contribution >= 0.6 is 23.2 Å². The van der Waals surface area contributed by atoms with E-state index in [0.717, 1.165) is 0 Å². The highest BCUT2D eigenvalue weighted by molar-refractivity contribution is 6.33. The van der Waals surface area contributed by atoms with Gasteiger partial charge in [-0.3, -0.25) is 4.79 Å². The molecule has 3 N–H and O–H groups in total. The van der Waals surface area contributed by atoms with E-state index in [1.165, 1.54) is 19.2 Å². The van der Waals surface area contributed by atoms with Crippen molar-refractivity contribution in [3.05, 3.63) is 50.0 Å². The highest BCUT2D eigenvalue weighted by Crippen LogP contribution is 2.30. The van der Waals surface area contributed by atoms with Gasteiger partial charge in [0.2, 0.25) is 0 Å². The Balaban J connectivity index is 2.69. The quantitative estimate of drug-likeness (QED) is 0.913. The molecule has 0 aliphatic heterocycles. The number of nitrogen functional groups attached to an aromatic ring is 1. The number of pyridine rings is 1. The van der Waals surface area contributed by atoms with Gasteiger partial charge in [0.25, 0.3) is 5.56 Å². The Hall–Kier alpha value is -1.56. The normalized spacial score (nSPS) is 10.8. The van der Waals surface area contributed by atoms with Crippen LogP contribution in [0, 0.1) is 5.82 Å². The van der Waals surface area contributed by atoms with E-state index < -0.39 is 11.4 Å². The second kappa shape index (κ2) is 5.83. The lowest BCUT2D eigenvalue weighted by Crippen LogP contribution is -2.11. The van der Waals surface area contributed by atoms with Crippen LogP contribution in [0.1, 0.15) is 5.56 Å². The number of nitrogens with one attached hydrogen (secondary N) is 1. The summed E-state index contributed by atoms with van der Waals surface area (Å²) in [6.45, 7) is 0.00624. The van der Waals surface area contributed by atoms with Crippen LogP contribution in [0.4, 0.5) is 10.1 Å². The Kier molecular flexibility index (Phi) is 4.32. The molecule has 0 aliphatic carbocycles. The largest absolute Gasteiger partial charge is 0.397 e. The molecule has 0 radical (unpaired) electrons. The molecule has 0 amide bonds. The number of halogens is 3. The van der Waals surface area contributed by atoms with Gasteiger partial charge in [0.05, 0.1) is 23.0 Å².